The number of likely N-dealkylation sites (tertiary alicyclic amines) is 1. The molecule has 5 nitrogen and oxygen atoms in total. The molecule has 0 radical (unpaired) electrons. The molecule has 4 heterocycles. The maximum Gasteiger partial charge on any atom is 0.246 e. The summed E-state index contributed by atoms with van der Waals surface area (Å²) in [6, 6.07) is 10.4. The Labute approximate surface area is 207 Å². The molecule has 6 rings (SSSR count). The van der Waals surface area contributed by atoms with Crippen LogP contribution in [0.3, 0.4) is 0 Å². The first-order valence-electron chi connectivity index (χ1n) is 11.8. The van der Waals surface area contributed by atoms with E-state index < -0.39 is 11.6 Å². The fraction of sp³-hybridized carbons (Fsp3) is 0.207. The number of hydrogen-bond acceptors (Lipinski definition) is 4. The Kier molecular flexibility index (Phi) is 5.01. The Morgan fingerprint density at radius 1 is 1.25 bits per heavy atom. The van der Waals surface area contributed by atoms with Gasteiger partial charge in [-0.25, -0.2) is 13.8 Å². The molecule has 2 aliphatic heterocycles. The Bertz CT molecular complexity index is 1640. The van der Waals surface area contributed by atoms with Crippen LogP contribution in [0.15, 0.2) is 55.3 Å². The van der Waals surface area contributed by atoms with Crippen LogP contribution in [0, 0.1) is 30.9 Å². The molecule has 2 fully saturated rings. The minimum atomic E-state index is -0.580. The third kappa shape index (κ3) is 3.11. The van der Waals surface area contributed by atoms with Gasteiger partial charge in [-0.1, -0.05) is 36.8 Å². The molecule has 1 amide bonds. The fourth-order valence-corrected chi connectivity index (χ4v) is 5.66. The van der Waals surface area contributed by atoms with Crippen LogP contribution in [0.5, 0.6) is 0 Å². The molecule has 2 atom stereocenters. The highest BCUT2D eigenvalue weighted by atomic mass is 19.1. The largest absolute Gasteiger partial charge is 0.364 e. The summed E-state index contributed by atoms with van der Waals surface area (Å²) >= 11 is 0. The van der Waals surface area contributed by atoms with Crippen LogP contribution in [0.25, 0.3) is 32.9 Å². The maximum atomic E-state index is 16.1. The van der Waals surface area contributed by atoms with Gasteiger partial charge in [-0.2, -0.15) is 0 Å². The highest BCUT2D eigenvalue weighted by Gasteiger charge is 2.48. The molecule has 0 unspecified atom stereocenters. The molecule has 2 saturated heterocycles. The van der Waals surface area contributed by atoms with E-state index >= 15 is 4.39 Å². The van der Waals surface area contributed by atoms with Crippen LogP contribution in [-0.4, -0.2) is 45.9 Å². The zero-order valence-electron chi connectivity index (χ0n) is 19.6. The van der Waals surface area contributed by atoms with Gasteiger partial charge in [0, 0.05) is 41.3 Å². The Balaban J connectivity index is 1.48. The summed E-state index contributed by atoms with van der Waals surface area (Å²) in [5.74, 6) is 1.23. The van der Waals surface area contributed by atoms with Crippen LogP contribution in [0.2, 0.25) is 0 Å². The van der Waals surface area contributed by atoms with E-state index in [9.17, 15) is 9.18 Å². The molecule has 0 saturated carbocycles. The van der Waals surface area contributed by atoms with Crippen molar-refractivity contribution in [2.24, 2.45) is 0 Å². The van der Waals surface area contributed by atoms with E-state index in [2.05, 4.69) is 27.4 Å². The normalized spacial score (nSPS) is 18.7. The van der Waals surface area contributed by atoms with Crippen LogP contribution in [0.4, 0.5) is 14.5 Å². The number of carbonyl (C=O) groups is 1. The van der Waals surface area contributed by atoms with Gasteiger partial charge >= 0.3 is 0 Å². The van der Waals surface area contributed by atoms with Gasteiger partial charge in [0.1, 0.15) is 17.0 Å². The summed E-state index contributed by atoms with van der Waals surface area (Å²) in [5.41, 5.74) is 2.28. The van der Waals surface area contributed by atoms with Crippen molar-refractivity contribution < 1.29 is 13.6 Å². The average molecular weight is 481 g/mol. The second kappa shape index (κ2) is 8.13. The number of nitrogens with zero attached hydrogens (tertiary/aromatic N) is 4. The second-order valence-electron chi connectivity index (χ2n) is 9.25. The molecular weight excluding hydrogens is 458 g/mol. The van der Waals surface area contributed by atoms with E-state index in [1.165, 1.54) is 12.1 Å². The average Bonchev–Trinajstić information content (AvgIpc) is 3.19. The molecule has 0 bridgehead atoms. The lowest BCUT2D eigenvalue weighted by atomic mass is 9.94. The van der Waals surface area contributed by atoms with E-state index in [0.29, 0.717) is 40.5 Å². The topological polar surface area (TPSA) is 49.3 Å². The number of fused-ring (bicyclic) bond motifs is 3. The molecule has 0 spiro atoms. The van der Waals surface area contributed by atoms with Crippen LogP contribution < -0.4 is 4.90 Å². The summed E-state index contributed by atoms with van der Waals surface area (Å²) in [6.07, 6.45) is 9.42. The quantitative estimate of drug-likeness (QED) is 0.306. The van der Waals surface area contributed by atoms with Gasteiger partial charge in [0.05, 0.1) is 23.3 Å². The second-order valence-corrected chi connectivity index (χ2v) is 9.25. The lowest BCUT2D eigenvalue weighted by Gasteiger charge is -2.48. The molecule has 4 aromatic rings. The lowest BCUT2D eigenvalue weighted by Crippen LogP contribution is -2.62. The number of pyridine rings is 2. The highest BCUT2D eigenvalue weighted by molar-refractivity contribution is 6.02. The highest BCUT2D eigenvalue weighted by Crippen LogP contribution is 2.41. The predicted molar refractivity (Wildman–Crippen MR) is 137 cm³/mol. The Morgan fingerprint density at radius 3 is 2.86 bits per heavy atom. The number of carbonyl (C=O) groups excluding carboxylic acids is 1. The van der Waals surface area contributed by atoms with E-state index in [1.807, 2.05) is 17.9 Å². The van der Waals surface area contributed by atoms with Gasteiger partial charge < -0.3 is 9.80 Å². The van der Waals surface area contributed by atoms with E-state index in [0.717, 1.165) is 12.1 Å². The van der Waals surface area contributed by atoms with Gasteiger partial charge in [0.25, 0.3) is 0 Å². The third-order valence-corrected chi connectivity index (χ3v) is 7.36. The van der Waals surface area contributed by atoms with Crippen molar-refractivity contribution >= 4 is 33.3 Å². The predicted octanol–water partition coefficient (Wildman–Crippen LogP) is 4.99. The van der Waals surface area contributed by atoms with Crippen molar-refractivity contribution in [2.75, 3.05) is 18.0 Å². The van der Waals surface area contributed by atoms with E-state index in [-0.39, 0.29) is 34.8 Å². The summed E-state index contributed by atoms with van der Waals surface area (Å²) in [7, 11) is 0. The standard InChI is InChI=1S/C29H22F2N4O/c1-4-18-21(30)10-9-17-7-6-8-19(26(17)18)28-27(31)29-20(14-32-28)23(13-16(3)33-29)35-15-24-22(35)11-12-34(24)25(36)5-2/h1,5-10,13-14,22,24H,2,11-12,15H2,3H3/t22-,24-/m1/s1. The molecule has 0 aliphatic carbocycles. The zero-order chi connectivity index (χ0) is 25.1. The monoisotopic (exact) mass is 480 g/mol. The molecule has 2 aromatic carbocycles. The number of amides is 1. The first-order chi connectivity index (χ1) is 17.4. The van der Waals surface area contributed by atoms with Gasteiger partial charge in [-0.15, -0.1) is 6.42 Å². The number of hydrogen-bond donors (Lipinski definition) is 0. The molecular formula is C29H22F2N4O. The van der Waals surface area contributed by atoms with E-state index in [1.54, 1.807) is 30.5 Å². The minimum Gasteiger partial charge on any atom is -0.364 e. The lowest BCUT2D eigenvalue weighted by molar-refractivity contribution is -0.127. The van der Waals surface area contributed by atoms with Gasteiger partial charge in [-0.3, -0.25) is 9.78 Å². The van der Waals surface area contributed by atoms with Crippen LogP contribution in [-0.2, 0) is 4.79 Å². The van der Waals surface area contributed by atoms with E-state index in [4.69, 9.17) is 6.42 Å². The summed E-state index contributed by atoms with van der Waals surface area (Å²) in [6.45, 7) is 6.75. The molecule has 2 aromatic heterocycles. The first kappa shape index (κ1) is 22.2. The number of benzene rings is 2. The smallest absolute Gasteiger partial charge is 0.246 e. The first-order valence-corrected chi connectivity index (χ1v) is 11.8. The van der Waals surface area contributed by atoms with Crippen molar-refractivity contribution in [3.63, 3.8) is 0 Å². The van der Waals surface area contributed by atoms with Gasteiger partial charge in [-0.05, 0) is 36.9 Å². The van der Waals surface area contributed by atoms with Crippen LogP contribution in [0.1, 0.15) is 17.7 Å². The zero-order valence-corrected chi connectivity index (χ0v) is 19.6. The number of aromatic nitrogens is 2. The third-order valence-electron chi connectivity index (χ3n) is 7.36. The number of aryl methyl sites for hydroxylation is 1. The van der Waals surface area contributed by atoms with Crippen molar-refractivity contribution in [1.82, 2.24) is 14.9 Å². The van der Waals surface area contributed by atoms with Crippen molar-refractivity contribution in [2.45, 2.75) is 25.4 Å². The number of halogens is 2. The Morgan fingerprint density at radius 2 is 2.08 bits per heavy atom. The molecule has 0 N–H and O–H groups in total. The molecule has 2 aliphatic rings. The Hall–Kier alpha value is -4.31. The SMILES string of the molecule is C#Cc1c(F)ccc2cccc(-c3ncc4c(N5C[C@@H]6[C@H]5CCN6C(=O)C=C)cc(C)nc4c3F)c12. The minimum absolute atomic E-state index is 0.0619. The number of anilines is 1. The molecule has 7 heteroatoms. The fourth-order valence-electron chi connectivity index (χ4n) is 5.66. The summed E-state index contributed by atoms with van der Waals surface area (Å²) < 4.78 is 30.6. The number of rotatable bonds is 3. The molecule has 178 valence electrons. The van der Waals surface area contributed by atoms with Crippen molar-refractivity contribution in [3.05, 3.63) is 78.1 Å². The van der Waals surface area contributed by atoms with Crippen molar-refractivity contribution in [3.8, 4) is 23.6 Å². The molecule has 36 heavy (non-hydrogen) atoms. The number of terminal acetylenes is 1. The maximum absolute atomic E-state index is 16.1. The van der Waals surface area contributed by atoms with Gasteiger partial charge in [0.15, 0.2) is 5.82 Å². The van der Waals surface area contributed by atoms with Crippen LogP contribution >= 0.6 is 0 Å². The summed E-state index contributed by atoms with van der Waals surface area (Å²) in [4.78, 5) is 25.2. The van der Waals surface area contributed by atoms with Crippen molar-refractivity contribution in [1.29, 1.82) is 0 Å². The van der Waals surface area contributed by atoms with Gasteiger partial charge in [0.2, 0.25) is 5.91 Å². The summed E-state index contributed by atoms with van der Waals surface area (Å²) in [5, 5.41) is 1.74.